The zero-order valence-electron chi connectivity index (χ0n) is 15.5. The molecule has 2 aromatic rings. The van der Waals surface area contributed by atoms with E-state index in [1.165, 1.54) is 10.6 Å². The van der Waals surface area contributed by atoms with Gasteiger partial charge in [0.25, 0.3) is 5.56 Å². The van der Waals surface area contributed by atoms with Crippen LogP contribution in [0.15, 0.2) is 17.1 Å². The second-order valence-electron chi connectivity index (χ2n) is 7.37. The minimum Gasteiger partial charge on any atom is -0.462 e. The van der Waals surface area contributed by atoms with Gasteiger partial charge in [0.1, 0.15) is 5.56 Å². The molecule has 1 atom stereocenters. The second kappa shape index (κ2) is 6.64. The third-order valence-corrected chi connectivity index (χ3v) is 5.43. The van der Waals surface area contributed by atoms with E-state index >= 15 is 0 Å². The first-order valence-electron chi connectivity index (χ1n) is 9.40. The number of ether oxygens (including phenoxy) is 1. The molecule has 1 N–H and O–H groups in total. The molecule has 1 aliphatic heterocycles. The summed E-state index contributed by atoms with van der Waals surface area (Å²) >= 11 is 0. The third-order valence-electron chi connectivity index (χ3n) is 5.43. The molecule has 7 heteroatoms. The molecule has 0 bridgehead atoms. The summed E-state index contributed by atoms with van der Waals surface area (Å²) in [4.78, 5) is 26.9. The summed E-state index contributed by atoms with van der Waals surface area (Å²) in [6.45, 7) is 4.59. The monoisotopic (exact) mass is 374 g/mol. The maximum atomic E-state index is 15.0. The van der Waals surface area contributed by atoms with Crippen molar-refractivity contribution in [1.29, 1.82) is 0 Å². The summed E-state index contributed by atoms with van der Waals surface area (Å²) in [7, 11) is 0. The van der Waals surface area contributed by atoms with Crippen LogP contribution in [-0.2, 0) is 4.74 Å². The van der Waals surface area contributed by atoms with Crippen LogP contribution >= 0.6 is 0 Å². The largest absolute Gasteiger partial charge is 0.462 e. The Morgan fingerprint density at radius 1 is 1.37 bits per heavy atom. The number of esters is 1. The van der Waals surface area contributed by atoms with E-state index in [2.05, 4.69) is 0 Å². The molecule has 0 amide bonds. The molecule has 144 valence electrons. The topological polar surface area (TPSA) is 71.2 Å². The lowest BCUT2D eigenvalue weighted by atomic mass is 10.0. The predicted molar refractivity (Wildman–Crippen MR) is 99.1 cm³/mol. The molecular formula is C20H23FN2O4. The van der Waals surface area contributed by atoms with Crippen LogP contribution in [0, 0.1) is 12.7 Å². The van der Waals surface area contributed by atoms with Crippen LogP contribution in [0.25, 0.3) is 5.52 Å². The predicted octanol–water partition coefficient (Wildman–Crippen LogP) is 2.37. The number of pyridine rings is 2. The van der Waals surface area contributed by atoms with Crippen LogP contribution in [0.4, 0.5) is 10.1 Å². The van der Waals surface area contributed by atoms with E-state index in [1.54, 1.807) is 19.9 Å². The van der Waals surface area contributed by atoms with Crippen molar-refractivity contribution in [3.63, 3.8) is 0 Å². The van der Waals surface area contributed by atoms with Gasteiger partial charge in [0, 0.05) is 13.1 Å². The van der Waals surface area contributed by atoms with Gasteiger partial charge in [-0.1, -0.05) is 0 Å². The number of β-amino-alcohol motifs (C(OH)–C–C–N with tert-alkyl or cyclic N) is 1. The summed E-state index contributed by atoms with van der Waals surface area (Å²) in [6, 6.07) is 1.63. The average Bonchev–Trinajstić information content (AvgIpc) is 3.38. The highest BCUT2D eigenvalue weighted by Gasteiger charge is 2.32. The molecule has 27 heavy (non-hydrogen) atoms. The van der Waals surface area contributed by atoms with Crippen molar-refractivity contribution in [3.8, 4) is 0 Å². The molecule has 2 fully saturated rings. The fourth-order valence-corrected chi connectivity index (χ4v) is 4.04. The number of aryl methyl sites for hydroxylation is 1. The van der Waals surface area contributed by atoms with Gasteiger partial charge in [-0.25, -0.2) is 9.18 Å². The van der Waals surface area contributed by atoms with Crippen molar-refractivity contribution in [2.24, 2.45) is 0 Å². The van der Waals surface area contributed by atoms with Gasteiger partial charge in [-0.2, -0.15) is 0 Å². The van der Waals surface area contributed by atoms with Crippen LogP contribution < -0.4 is 10.5 Å². The van der Waals surface area contributed by atoms with Crippen LogP contribution in [0.5, 0.6) is 0 Å². The number of carbonyl (C=O) groups is 1. The first-order chi connectivity index (χ1) is 12.9. The lowest BCUT2D eigenvalue weighted by Gasteiger charge is -2.23. The van der Waals surface area contributed by atoms with Gasteiger partial charge in [0.15, 0.2) is 5.82 Å². The summed E-state index contributed by atoms with van der Waals surface area (Å²) in [6.07, 6.45) is 3.24. The van der Waals surface area contributed by atoms with Gasteiger partial charge in [0.2, 0.25) is 0 Å². The van der Waals surface area contributed by atoms with Crippen molar-refractivity contribution >= 4 is 17.2 Å². The van der Waals surface area contributed by atoms with Crippen LogP contribution in [-0.4, -0.2) is 41.3 Å². The fourth-order valence-electron chi connectivity index (χ4n) is 4.04. The second-order valence-corrected chi connectivity index (χ2v) is 7.37. The van der Waals surface area contributed by atoms with Crippen molar-refractivity contribution in [2.45, 2.75) is 45.1 Å². The standard InChI is InChI=1S/C20H23FN2O4/c1-3-27-20(26)15-8-14(12-4-5-12)17-11(2)18(22-7-6-13(24)9-22)16(21)10-23(17)19(15)25/h8,10,12-13,24H,3-7,9H2,1-2H3. The number of nitrogens with zero attached hydrogens (tertiary/aromatic N) is 2. The third kappa shape index (κ3) is 3.00. The van der Waals surface area contributed by atoms with Crippen molar-refractivity contribution in [2.75, 3.05) is 24.6 Å². The number of rotatable bonds is 4. The molecule has 2 aromatic heterocycles. The van der Waals surface area contributed by atoms with Crippen molar-refractivity contribution in [1.82, 2.24) is 4.40 Å². The summed E-state index contributed by atoms with van der Waals surface area (Å²) in [5.41, 5.74) is 2.02. The molecule has 0 spiro atoms. The molecule has 3 heterocycles. The van der Waals surface area contributed by atoms with Crippen molar-refractivity contribution in [3.05, 3.63) is 45.1 Å². The van der Waals surface area contributed by atoms with Gasteiger partial charge in [-0.15, -0.1) is 0 Å². The lowest BCUT2D eigenvalue weighted by Crippen LogP contribution is -2.28. The number of carbonyl (C=O) groups excluding carboxylic acids is 1. The van der Waals surface area contributed by atoms with Gasteiger partial charge < -0.3 is 14.7 Å². The van der Waals surface area contributed by atoms with E-state index in [0.717, 1.165) is 18.4 Å². The number of aliphatic hydroxyl groups is 1. The number of hydrogen-bond acceptors (Lipinski definition) is 5. The maximum Gasteiger partial charge on any atom is 0.343 e. The van der Waals surface area contributed by atoms with Crippen LogP contribution in [0.2, 0.25) is 0 Å². The number of fused-ring (bicyclic) bond motifs is 1. The Morgan fingerprint density at radius 2 is 2.11 bits per heavy atom. The number of aromatic nitrogens is 1. The van der Waals surface area contributed by atoms with Crippen molar-refractivity contribution < 1.29 is 19.0 Å². The van der Waals surface area contributed by atoms with E-state index < -0.39 is 23.4 Å². The molecule has 2 aliphatic rings. The summed E-state index contributed by atoms with van der Waals surface area (Å²) in [5, 5.41) is 9.83. The van der Waals surface area contributed by atoms with E-state index in [9.17, 15) is 19.1 Å². The molecular weight excluding hydrogens is 351 g/mol. The molecule has 1 aliphatic carbocycles. The molecule has 6 nitrogen and oxygen atoms in total. The number of hydrogen-bond donors (Lipinski definition) is 1. The lowest BCUT2D eigenvalue weighted by molar-refractivity contribution is 0.0524. The van der Waals surface area contributed by atoms with E-state index in [-0.39, 0.29) is 18.1 Å². The highest BCUT2D eigenvalue weighted by atomic mass is 19.1. The van der Waals surface area contributed by atoms with Gasteiger partial charge in [-0.05, 0) is 56.2 Å². The minimum absolute atomic E-state index is 0.0561. The highest BCUT2D eigenvalue weighted by molar-refractivity contribution is 5.90. The Hall–Kier alpha value is -2.41. The Bertz CT molecular complexity index is 980. The normalized spacial score (nSPS) is 19.7. The first kappa shape index (κ1) is 18.0. The SMILES string of the molecule is CCOC(=O)c1cc(C2CC2)c2c(C)c(N3CCC(O)C3)c(F)cn2c1=O. The Balaban J connectivity index is 1.97. The Labute approximate surface area is 156 Å². The summed E-state index contributed by atoms with van der Waals surface area (Å²) in [5.74, 6) is -0.947. The van der Waals surface area contributed by atoms with E-state index in [1.807, 2.05) is 4.90 Å². The highest BCUT2D eigenvalue weighted by Crippen LogP contribution is 2.44. The van der Waals surface area contributed by atoms with Crippen LogP contribution in [0.1, 0.15) is 53.6 Å². The maximum absolute atomic E-state index is 15.0. The van der Waals surface area contributed by atoms with E-state index in [0.29, 0.717) is 36.3 Å². The quantitative estimate of drug-likeness (QED) is 0.832. The number of aliphatic hydroxyl groups excluding tert-OH is 1. The first-order valence-corrected chi connectivity index (χ1v) is 9.40. The van der Waals surface area contributed by atoms with Gasteiger partial charge >= 0.3 is 5.97 Å². The average molecular weight is 374 g/mol. The van der Waals surface area contributed by atoms with Crippen LogP contribution in [0.3, 0.4) is 0 Å². The fraction of sp³-hybridized carbons (Fsp3) is 0.500. The molecule has 1 saturated heterocycles. The smallest absolute Gasteiger partial charge is 0.343 e. The van der Waals surface area contributed by atoms with Gasteiger partial charge in [-0.3, -0.25) is 9.20 Å². The molecule has 0 aromatic carbocycles. The van der Waals surface area contributed by atoms with Gasteiger partial charge in [0.05, 0.1) is 30.1 Å². The molecule has 4 rings (SSSR count). The van der Waals surface area contributed by atoms with E-state index in [4.69, 9.17) is 4.74 Å². The Morgan fingerprint density at radius 3 is 2.70 bits per heavy atom. The molecule has 1 saturated carbocycles. The Kier molecular flexibility index (Phi) is 4.42. The zero-order chi connectivity index (χ0) is 19.3. The zero-order valence-corrected chi connectivity index (χ0v) is 15.5. The number of halogens is 1. The molecule has 0 radical (unpaired) electrons. The minimum atomic E-state index is -0.677. The number of anilines is 1. The molecule has 1 unspecified atom stereocenters. The summed E-state index contributed by atoms with van der Waals surface area (Å²) < 4.78 is 21.2.